The van der Waals surface area contributed by atoms with Crippen molar-refractivity contribution in [3.63, 3.8) is 0 Å². The number of hydrogen-bond donors (Lipinski definition) is 1. The number of nitrogens with one attached hydrogen (secondary N) is 1. The molecule has 0 fully saturated rings. The van der Waals surface area contributed by atoms with Crippen molar-refractivity contribution < 1.29 is 0 Å². The Kier molecular flexibility index (Phi) is 4.34. The molecule has 0 heterocycles. The second kappa shape index (κ2) is 5.79. The van der Waals surface area contributed by atoms with Gasteiger partial charge < -0.3 is 5.32 Å². The molecule has 2 unspecified atom stereocenters. The van der Waals surface area contributed by atoms with Crippen LogP contribution < -0.4 is 5.32 Å². The lowest BCUT2D eigenvalue weighted by molar-refractivity contribution is 0.421. The van der Waals surface area contributed by atoms with Gasteiger partial charge in [0.25, 0.3) is 0 Å². The van der Waals surface area contributed by atoms with Crippen molar-refractivity contribution >= 4 is 17.3 Å². The summed E-state index contributed by atoms with van der Waals surface area (Å²) in [6.45, 7) is 7.71. The average Bonchev–Trinajstić information content (AvgIpc) is 2.29. The number of rotatable bonds is 3. The van der Waals surface area contributed by atoms with Crippen LogP contribution in [0.1, 0.15) is 32.3 Å². The lowest BCUT2D eigenvalue weighted by Crippen LogP contribution is -2.20. The molecular weight excluding hydrogens is 242 g/mol. The average molecular weight is 264 g/mol. The summed E-state index contributed by atoms with van der Waals surface area (Å²) >= 11 is 6.04. The van der Waals surface area contributed by atoms with Crippen LogP contribution in [0.2, 0.25) is 5.02 Å². The molecule has 0 spiro atoms. The van der Waals surface area contributed by atoms with Gasteiger partial charge in [-0.3, -0.25) is 0 Å². The SMILES string of the molecule is CC1=CC(C)CC(CNc2cc(Cl)ccc2C)C1. The van der Waals surface area contributed by atoms with Crippen molar-refractivity contribution in [3.8, 4) is 0 Å². The number of anilines is 1. The molecule has 1 nitrogen and oxygen atoms in total. The lowest BCUT2D eigenvalue weighted by atomic mass is 9.83. The molecule has 0 saturated carbocycles. The molecule has 1 aromatic carbocycles. The topological polar surface area (TPSA) is 12.0 Å². The molecule has 0 saturated heterocycles. The minimum atomic E-state index is 0.714. The number of hydrogen-bond acceptors (Lipinski definition) is 1. The van der Waals surface area contributed by atoms with Gasteiger partial charge >= 0.3 is 0 Å². The first-order valence-electron chi connectivity index (χ1n) is 6.72. The van der Waals surface area contributed by atoms with E-state index in [0.717, 1.165) is 17.5 Å². The Hall–Kier alpha value is -0.950. The molecule has 98 valence electrons. The van der Waals surface area contributed by atoms with Gasteiger partial charge in [0.2, 0.25) is 0 Å². The number of benzene rings is 1. The van der Waals surface area contributed by atoms with E-state index >= 15 is 0 Å². The van der Waals surface area contributed by atoms with Crippen molar-refractivity contribution in [2.75, 3.05) is 11.9 Å². The van der Waals surface area contributed by atoms with Crippen LogP contribution in [-0.4, -0.2) is 6.54 Å². The van der Waals surface area contributed by atoms with Gasteiger partial charge in [0.15, 0.2) is 0 Å². The summed E-state index contributed by atoms with van der Waals surface area (Å²) in [6.07, 6.45) is 4.90. The minimum absolute atomic E-state index is 0.714. The summed E-state index contributed by atoms with van der Waals surface area (Å²) in [6, 6.07) is 6.03. The normalized spacial score (nSPS) is 23.7. The summed E-state index contributed by atoms with van der Waals surface area (Å²) in [7, 11) is 0. The number of allylic oxidation sites excluding steroid dienone is 2. The van der Waals surface area contributed by atoms with Gasteiger partial charge in [0, 0.05) is 17.3 Å². The van der Waals surface area contributed by atoms with Gasteiger partial charge in [-0.1, -0.05) is 36.2 Å². The van der Waals surface area contributed by atoms with E-state index in [0.29, 0.717) is 5.92 Å². The van der Waals surface area contributed by atoms with E-state index in [1.165, 1.54) is 29.7 Å². The van der Waals surface area contributed by atoms with Crippen molar-refractivity contribution in [2.24, 2.45) is 11.8 Å². The predicted octanol–water partition coefficient (Wildman–Crippen LogP) is 5.05. The van der Waals surface area contributed by atoms with Crippen LogP contribution in [0.3, 0.4) is 0 Å². The van der Waals surface area contributed by atoms with E-state index in [1.54, 1.807) is 0 Å². The second-order valence-corrected chi connectivity index (χ2v) is 6.07. The molecular formula is C16H22ClN. The Morgan fingerprint density at radius 1 is 1.33 bits per heavy atom. The zero-order chi connectivity index (χ0) is 13.1. The van der Waals surface area contributed by atoms with Crippen molar-refractivity contribution in [1.82, 2.24) is 0 Å². The molecule has 2 rings (SSSR count). The highest BCUT2D eigenvalue weighted by Gasteiger charge is 2.17. The molecule has 1 aliphatic rings. The summed E-state index contributed by atoms with van der Waals surface area (Å²) in [5.41, 5.74) is 3.96. The molecule has 2 atom stereocenters. The molecule has 0 aliphatic heterocycles. The van der Waals surface area contributed by atoms with E-state index in [9.17, 15) is 0 Å². The molecule has 1 N–H and O–H groups in total. The summed E-state index contributed by atoms with van der Waals surface area (Å²) in [4.78, 5) is 0. The summed E-state index contributed by atoms with van der Waals surface area (Å²) in [5.74, 6) is 1.45. The summed E-state index contributed by atoms with van der Waals surface area (Å²) in [5, 5.41) is 4.35. The van der Waals surface area contributed by atoms with Crippen LogP contribution in [0, 0.1) is 18.8 Å². The minimum Gasteiger partial charge on any atom is -0.384 e. The van der Waals surface area contributed by atoms with Crippen LogP contribution in [0.4, 0.5) is 5.69 Å². The maximum atomic E-state index is 6.04. The van der Waals surface area contributed by atoms with Crippen LogP contribution >= 0.6 is 11.6 Å². The third kappa shape index (κ3) is 3.52. The van der Waals surface area contributed by atoms with Gasteiger partial charge in [-0.15, -0.1) is 0 Å². The fourth-order valence-corrected chi connectivity index (χ4v) is 3.05. The Morgan fingerprint density at radius 3 is 2.83 bits per heavy atom. The molecule has 1 aromatic rings. The van der Waals surface area contributed by atoms with Crippen molar-refractivity contribution in [3.05, 3.63) is 40.4 Å². The van der Waals surface area contributed by atoms with Gasteiger partial charge in [-0.05, 0) is 56.2 Å². The first-order chi connectivity index (χ1) is 8.54. The third-order valence-corrected chi connectivity index (χ3v) is 3.90. The molecule has 1 aliphatic carbocycles. The highest BCUT2D eigenvalue weighted by atomic mass is 35.5. The Labute approximate surface area is 115 Å². The standard InChI is InChI=1S/C16H22ClN/c1-11-6-12(2)8-14(7-11)10-18-16-9-15(17)5-4-13(16)3/h4-6,9,11,14,18H,7-8,10H2,1-3H3. The van der Waals surface area contributed by atoms with Gasteiger partial charge in [0.05, 0.1) is 0 Å². The fourth-order valence-electron chi connectivity index (χ4n) is 2.88. The Balaban J connectivity index is 1.96. The summed E-state index contributed by atoms with van der Waals surface area (Å²) < 4.78 is 0. The van der Waals surface area contributed by atoms with Gasteiger partial charge in [-0.2, -0.15) is 0 Å². The van der Waals surface area contributed by atoms with Crippen molar-refractivity contribution in [1.29, 1.82) is 0 Å². The number of halogens is 1. The van der Waals surface area contributed by atoms with E-state index in [2.05, 4.69) is 38.2 Å². The fraction of sp³-hybridized carbons (Fsp3) is 0.500. The monoisotopic (exact) mass is 263 g/mol. The highest BCUT2D eigenvalue weighted by Crippen LogP contribution is 2.28. The zero-order valence-electron chi connectivity index (χ0n) is 11.5. The van der Waals surface area contributed by atoms with E-state index in [1.807, 2.05) is 12.1 Å². The number of aryl methyl sites for hydroxylation is 1. The molecule has 2 heteroatoms. The van der Waals surface area contributed by atoms with Gasteiger partial charge in [0.1, 0.15) is 0 Å². The lowest BCUT2D eigenvalue weighted by Gasteiger charge is -2.26. The molecule has 18 heavy (non-hydrogen) atoms. The molecule has 0 amide bonds. The van der Waals surface area contributed by atoms with E-state index in [-0.39, 0.29) is 0 Å². The van der Waals surface area contributed by atoms with Crippen molar-refractivity contribution in [2.45, 2.75) is 33.6 Å². The maximum Gasteiger partial charge on any atom is 0.0426 e. The van der Waals surface area contributed by atoms with Crippen LogP contribution in [-0.2, 0) is 0 Å². The maximum absolute atomic E-state index is 6.04. The predicted molar refractivity (Wildman–Crippen MR) is 80.3 cm³/mol. The first kappa shape index (κ1) is 13.5. The van der Waals surface area contributed by atoms with Crippen LogP contribution in [0.25, 0.3) is 0 Å². The quantitative estimate of drug-likeness (QED) is 0.753. The van der Waals surface area contributed by atoms with E-state index < -0.39 is 0 Å². The zero-order valence-corrected chi connectivity index (χ0v) is 12.2. The van der Waals surface area contributed by atoms with E-state index in [4.69, 9.17) is 11.6 Å². The highest BCUT2D eigenvalue weighted by molar-refractivity contribution is 6.30. The second-order valence-electron chi connectivity index (χ2n) is 5.64. The third-order valence-electron chi connectivity index (χ3n) is 3.67. The first-order valence-corrected chi connectivity index (χ1v) is 7.09. The van der Waals surface area contributed by atoms with Crippen LogP contribution in [0.5, 0.6) is 0 Å². The largest absolute Gasteiger partial charge is 0.384 e. The molecule has 0 aromatic heterocycles. The Bertz CT molecular complexity index is 450. The Morgan fingerprint density at radius 2 is 2.11 bits per heavy atom. The van der Waals surface area contributed by atoms with Crippen LogP contribution in [0.15, 0.2) is 29.8 Å². The van der Waals surface area contributed by atoms with Gasteiger partial charge in [-0.25, -0.2) is 0 Å². The molecule has 0 bridgehead atoms. The molecule has 0 radical (unpaired) electrons. The smallest absolute Gasteiger partial charge is 0.0426 e.